The lowest BCUT2D eigenvalue weighted by atomic mass is 9.46. The first kappa shape index (κ1) is 30.6. The maximum Gasteiger partial charge on any atom is 0.316 e. The van der Waals surface area contributed by atoms with Gasteiger partial charge in [0.2, 0.25) is 5.91 Å². The van der Waals surface area contributed by atoms with Gasteiger partial charge in [-0.3, -0.25) is 14.4 Å². The van der Waals surface area contributed by atoms with E-state index in [1.807, 2.05) is 31.7 Å². The number of carbonyl (C=O) groups excluding carboxylic acids is 3. The molecule has 8 heteroatoms. The van der Waals surface area contributed by atoms with Gasteiger partial charge in [-0.15, -0.1) is 18.3 Å². The smallest absolute Gasteiger partial charge is 0.316 e. The number of likely N-dealkylation sites (tertiary alicyclic amines) is 1. The highest BCUT2D eigenvalue weighted by Gasteiger charge is 2.66. The number of piperidine rings is 1. The lowest BCUT2D eigenvalue weighted by Crippen LogP contribution is -2.60. The molecule has 1 aliphatic heterocycles. The number of hydrogen-bond donors (Lipinski definition) is 2. The molecule has 39 heavy (non-hydrogen) atoms. The van der Waals surface area contributed by atoms with E-state index < -0.39 is 29.1 Å². The molecule has 4 fully saturated rings. The third-order valence-corrected chi connectivity index (χ3v) is 12.3. The third-order valence-electron chi connectivity index (χ3n) is 11.0. The second-order valence-electron chi connectivity index (χ2n) is 13.7. The van der Waals surface area contributed by atoms with Gasteiger partial charge in [0, 0.05) is 41.5 Å². The Balaban J connectivity index is 1.49. The zero-order valence-electron chi connectivity index (χ0n) is 24.6. The minimum absolute atomic E-state index is 0.0150. The van der Waals surface area contributed by atoms with Crippen LogP contribution in [0.15, 0.2) is 12.7 Å². The van der Waals surface area contributed by atoms with Crippen molar-refractivity contribution in [1.29, 1.82) is 0 Å². The molecule has 4 rings (SSSR count). The molecule has 1 amide bonds. The Bertz CT molecular complexity index is 973. The fraction of sp³-hybridized carbons (Fsp3) is 0.839. The van der Waals surface area contributed by atoms with Crippen LogP contribution >= 0.6 is 11.8 Å². The van der Waals surface area contributed by atoms with E-state index in [0.717, 1.165) is 38.5 Å². The largest absolute Gasteiger partial charge is 0.461 e. The maximum absolute atomic E-state index is 13.4. The Morgan fingerprint density at radius 2 is 1.97 bits per heavy atom. The molecule has 1 heterocycles. The van der Waals surface area contributed by atoms with Crippen molar-refractivity contribution in [3.63, 3.8) is 0 Å². The summed E-state index contributed by atoms with van der Waals surface area (Å²) in [5.41, 5.74) is 4.76. The lowest BCUT2D eigenvalue weighted by Gasteiger charge is -2.59. The van der Waals surface area contributed by atoms with Gasteiger partial charge < -0.3 is 20.5 Å². The Morgan fingerprint density at radius 1 is 1.26 bits per heavy atom. The summed E-state index contributed by atoms with van der Waals surface area (Å²) < 4.78 is 6.31. The number of carbonyl (C=O) groups is 3. The van der Waals surface area contributed by atoms with Gasteiger partial charge in [0.25, 0.3) is 0 Å². The Morgan fingerprint density at radius 3 is 2.64 bits per heavy atom. The number of nitrogens with zero attached hydrogens (tertiary/aromatic N) is 1. The summed E-state index contributed by atoms with van der Waals surface area (Å²) in [4.78, 5) is 41.4. The molecular weight excluding hydrogens is 512 g/mol. The van der Waals surface area contributed by atoms with Crippen molar-refractivity contribution in [2.75, 3.05) is 18.8 Å². The first-order chi connectivity index (χ1) is 18.3. The number of aliphatic hydroxyl groups is 1. The van der Waals surface area contributed by atoms with Gasteiger partial charge in [0.05, 0.1) is 17.9 Å². The van der Waals surface area contributed by atoms with E-state index in [0.29, 0.717) is 25.9 Å². The molecule has 9 atom stereocenters. The van der Waals surface area contributed by atoms with Gasteiger partial charge in [-0.1, -0.05) is 47.1 Å². The fourth-order valence-corrected chi connectivity index (χ4v) is 9.49. The lowest BCUT2D eigenvalue weighted by molar-refractivity contribution is -0.193. The Kier molecular flexibility index (Phi) is 9.00. The van der Waals surface area contributed by atoms with Crippen molar-refractivity contribution in [1.82, 2.24) is 4.90 Å². The number of Topliss-reactive ketones (excluding diaryl/α,β-unsaturated/α-hetero) is 1. The molecule has 3 saturated carbocycles. The molecule has 0 aromatic rings. The number of ketones is 1. The Labute approximate surface area is 239 Å². The summed E-state index contributed by atoms with van der Waals surface area (Å²) in [6, 6.07) is -0.503. The van der Waals surface area contributed by atoms with E-state index in [-0.39, 0.29) is 51.8 Å². The van der Waals surface area contributed by atoms with Gasteiger partial charge in [-0.05, 0) is 55.8 Å². The highest BCUT2D eigenvalue weighted by Crippen LogP contribution is 2.66. The number of hydrogen-bond acceptors (Lipinski definition) is 7. The minimum atomic E-state index is -0.662. The molecule has 3 N–H and O–H groups in total. The molecule has 0 aromatic carbocycles. The van der Waals surface area contributed by atoms with Crippen LogP contribution in [0.1, 0.15) is 86.0 Å². The number of thioether (sulfide) groups is 1. The average molecular weight is 563 g/mol. The van der Waals surface area contributed by atoms with E-state index in [1.54, 1.807) is 11.8 Å². The zero-order valence-corrected chi connectivity index (χ0v) is 25.4. The number of nitrogens with two attached hydrogens (primary N) is 1. The van der Waals surface area contributed by atoms with Gasteiger partial charge in [-0.2, -0.15) is 0 Å². The molecule has 1 saturated heterocycles. The molecule has 3 aliphatic carbocycles. The third kappa shape index (κ3) is 5.46. The normalized spacial score (nSPS) is 41.4. The number of esters is 1. The molecule has 4 aliphatic rings. The molecular formula is C31H50N2O5S. The predicted octanol–water partition coefficient (Wildman–Crippen LogP) is 4.35. The number of amides is 1. The summed E-state index contributed by atoms with van der Waals surface area (Å²) in [6.07, 6.45) is 7.04. The van der Waals surface area contributed by atoms with Crippen molar-refractivity contribution < 1.29 is 24.2 Å². The van der Waals surface area contributed by atoms with E-state index >= 15 is 0 Å². The van der Waals surface area contributed by atoms with Crippen molar-refractivity contribution in [2.45, 2.75) is 109 Å². The highest BCUT2D eigenvalue weighted by atomic mass is 32.2. The van der Waals surface area contributed by atoms with Crippen LogP contribution in [-0.4, -0.2) is 70.0 Å². The monoisotopic (exact) mass is 562 g/mol. The van der Waals surface area contributed by atoms with Crippen LogP contribution in [0.4, 0.5) is 0 Å². The second-order valence-corrected chi connectivity index (χ2v) is 15.0. The van der Waals surface area contributed by atoms with E-state index in [4.69, 9.17) is 10.5 Å². The van der Waals surface area contributed by atoms with Gasteiger partial charge in [-0.25, -0.2) is 0 Å². The summed E-state index contributed by atoms with van der Waals surface area (Å²) in [7, 11) is 0. The molecule has 220 valence electrons. The van der Waals surface area contributed by atoms with Crippen LogP contribution < -0.4 is 5.73 Å². The van der Waals surface area contributed by atoms with Crippen LogP contribution in [0.5, 0.6) is 0 Å². The van der Waals surface area contributed by atoms with Gasteiger partial charge in [0.1, 0.15) is 11.9 Å². The van der Waals surface area contributed by atoms with Crippen molar-refractivity contribution in [2.24, 2.45) is 39.7 Å². The molecule has 7 nitrogen and oxygen atoms in total. The maximum atomic E-state index is 13.4. The topological polar surface area (TPSA) is 110 Å². The first-order valence-corrected chi connectivity index (χ1v) is 16.0. The molecule has 0 radical (unpaired) electrons. The number of rotatable bonds is 7. The summed E-state index contributed by atoms with van der Waals surface area (Å²) in [6.45, 7) is 15.6. The van der Waals surface area contributed by atoms with Crippen molar-refractivity contribution in [3.05, 3.63) is 12.7 Å². The molecule has 2 bridgehead atoms. The van der Waals surface area contributed by atoms with Crippen LogP contribution in [0, 0.1) is 34.0 Å². The van der Waals surface area contributed by atoms with Crippen LogP contribution in [0.25, 0.3) is 0 Å². The molecule has 3 unspecified atom stereocenters. The molecule has 0 spiro atoms. The second kappa shape index (κ2) is 11.5. The Hall–Kier alpha value is -1.38. The number of aliphatic hydroxyl groups excluding tert-OH is 1. The van der Waals surface area contributed by atoms with E-state index in [1.165, 1.54) is 0 Å². The predicted molar refractivity (Wildman–Crippen MR) is 155 cm³/mol. The zero-order chi connectivity index (χ0) is 28.8. The van der Waals surface area contributed by atoms with Crippen LogP contribution in [0.2, 0.25) is 0 Å². The minimum Gasteiger partial charge on any atom is -0.461 e. The molecule has 0 aromatic heterocycles. The summed E-state index contributed by atoms with van der Waals surface area (Å²) in [5, 5.41) is 11.8. The summed E-state index contributed by atoms with van der Waals surface area (Å²) >= 11 is 1.55. The highest BCUT2D eigenvalue weighted by molar-refractivity contribution is 8.00. The van der Waals surface area contributed by atoms with Crippen molar-refractivity contribution in [3.8, 4) is 0 Å². The van der Waals surface area contributed by atoms with Crippen LogP contribution in [-0.2, 0) is 19.1 Å². The van der Waals surface area contributed by atoms with Gasteiger partial charge in [0.15, 0.2) is 0 Å². The summed E-state index contributed by atoms with van der Waals surface area (Å²) in [5.74, 6) is 0.00162. The number of ether oxygens (including phenoxy) is 1. The average Bonchev–Trinajstić information content (AvgIpc) is 3.28. The van der Waals surface area contributed by atoms with Crippen LogP contribution in [0.3, 0.4) is 0 Å². The van der Waals surface area contributed by atoms with E-state index in [2.05, 4.69) is 20.4 Å². The standard InChI is InChI=1S/C31H50N2O5S/c1-7-29(5)16-23(30(6)12-9-13-31(20(4)27(29)36)14-11-22(34)26(30)31)38-24(35)18-39-21-10-8-15-33(17-21)28(37)25(32)19(2)3/h7,19-21,23,25-27,36H,1,8-18,32H2,2-6H3/t20-,21+,23+,25-,26?,27?,29+,30-,31?/m0/s1. The van der Waals surface area contributed by atoms with Gasteiger partial charge >= 0.3 is 5.97 Å². The van der Waals surface area contributed by atoms with E-state index in [9.17, 15) is 19.5 Å². The first-order valence-electron chi connectivity index (χ1n) is 15.0. The van der Waals surface area contributed by atoms with Crippen molar-refractivity contribution >= 4 is 29.4 Å². The fourth-order valence-electron chi connectivity index (χ4n) is 8.44. The quantitative estimate of drug-likeness (QED) is 0.351. The SMILES string of the molecule is C=C[C@]1(C)C[C@@H](OC(=O)CS[C@@H]2CCCN(C(=O)[C@@H](N)C(C)C)C2)[C@]2(C)CCCC3(CCC(=O)C32)[C@@H](C)C1O.